The van der Waals surface area contributed by atoms with E-state index in [9.17, 15) is 9.59 Å². The van der Waals surface area contributed by atoms with Crippen molar-refractivity contribution in [3.63, 3.8) is 0 Å². The minimum atomic E-state index is -1.06. The molecule has 0 aromatic carbocycles. The summed E-state index contributed by atoms with van der Waals surface area (Å²) in [4.78, 5) is 22.7. The van der Waals surface area contributed by atoms with Crippen LogP contribution < -0.4 is 5.32 Å². The first kappa shape index (κ1) is 19.5. The van der Waals surface area contributed by atoms with E-state index in [2.05, 4.69) is 12.2 Å². The standard InChI is InChI=1S/C16H29NO4/c1-5-6-7-8-9-10-11-12-13(14(18)19)17-15(20)21-16(2,3)4/h10-11,13H,5-9,12H2,1-4H3,(H,17,20)(H,18,19)/b11-10+/t13-/m0/s1. The maximum Gasteiger partial charge on any atom is 0.408 e. The predicted molar refractivity (Wildman–Crippen MR) is 83.3 cm³/mol. The van der Waals surface area contributed by atoms with E-state index >= 15 is 0 Å². The summed E-state index contributed by atoms with van der Waals surface area (Å²) >= 11 is 0. The van der Waals surface area contributed by atoms with Crippen LogP contribution in [0.3, 0.4) is 0 Å². The van der Waals surface area contributed by atoms with E-state index in [-0.39, 0.29) is 6.42 Å². The molecule has 5 nitrogen and oxygen atoms in total. The van der Waals surface area contributed by atoms with E-state index in [1.807, 2.05) is 12.2 Å². The van der Waals surface area contributed by atoms with Gasteiger partial charge >= 0.3 is 12.1 Å². The van der Waals surface area contributed by atoms with Crippen molar-refractivity contribution < 1.29 is 19.4 Å². The van der Waals surface area contributed by atoms with Gasteiger partial charge in [0.15, 0.2) is 0 Å². The maximum absolute atomic E-state index is 11.6. The van der Waals surface area contributed by atoms with E-state index in [0.717, 1.165) is 12.8 Å². The number of carboxylic acids is 1. The minimum Gasteiger partial charge on any atom is -0.480 e. The molecule has 0 aliphatic carbocycles. The lowest BCUT2D eigenvalue weighted by atomic mass is 10.1. The number of aliphatic carboxylic acids is 1. The number of amides is 1. The van der Waals surface area contributed by atoms with Gasteiger partial charge in [0.25, 0.3) is 0 Å². The molecule has 0 aromatic rings. The number of alkyl carbamates (subject to hydrolysis) is 1. The maximum atomic E-state index is 11.6. The van der Waals surface area contributed by atoms with Gasteiger partial charge in [0.05, 0.1) is 0 Å². The van der Waals surface area contributed by atoms with E-state index in [1.165, 1.54) is 19.3 Å². The highest BCUT2D eigenvalue weighted by Gasteiger charge is 2.22. The first-order valence-corrected chi connectivity index (χ1v) is 7.63. The number of carbonyl (C=O) groups is 2. The van der Waals surface area contributed by atoms with Crippen molar-refractivity contribution in [2.45, 2.75) is 77.9 Å². The van der Waals surface area contributed by atoms with Crippen LogP contribution in [0.25, 0.3) is 0 Å². The molecule has 2 N–H and O–H groups in total. The molecule has 0 unspecified atom stereocenters. The van der Waals surface area contributed by atoms with Crippen LogP contribution in [0, 0.1) is 0 Å². The zero-order valence-electron chi connectivity index (χ0n) is 13.6. The second-order valence-corrected chi connectivity index (χ2v) is 6.09. The molecular formula is C16H29NO4. The van der Waals surface area contributed by atoms with Crippen molar-refractivity contribution in [2.24, 2.45) is 0 Å². The third-order valence-corrected chi connectivity index (χ3v) is 2.75. The van der Waals surface area contributed by atoms with E-state index in [1.54, 1.807) is 20.8 Å². The monoisotopic (exact) mass is 299 g/mol. The van der Waals surface area contributed by atoms with Crippen molar-refractivity contribution in [1.29, 1.82) is 0 Å². The van der Waals surface area contributed by atoms with Crippen molar-refractivity contribution >= 4 is 12.1 Å². The van der Waals surface area contributed by atoms with Crippen LogP contribution in [0.2, 0.25) is 0 Å². The highest BCUT2D eigenvalue weighted by atomic mass is 16.6. The molecule has 1 atom stereocenters. The number of nitrogens with one attached hydrogen (secondary N) is 1. The van der Waals surface area contributed by atoms with Gasteiger partial charge in [-0.05, 0) is 40.0 Å². The molecule has 0 fully saturated rings. The lowest BCUT2D eigenvalue weighted by Crippen LogP contribution is -2.43. The Labute approximate surface area is 127 Å². The molecule has 5 heteroatoms. The fourth-order valence-electron chi connectivity index (χ4n) is 1.71. The predicted octanol–water partition coefficient (Wildman–Crippen LogP) is 3.88. The summed E-state index contributed by atoms with van der Waals surface area (Å²) in [5, 5.41) is 11.5. The van der Waals surface area contributed by atoms with Crippen molar-refractivity contribution in [1.82, 2.24) is 5.32 Å². The molecule has 0 spiro atoms. The Morgan fingerprint density at radius 1 is 1.19 bits per heavy atom. The lowest BCUT2D eigenvalue weighted by molar-refractivity contribution is -0.139. The summed E-state index contributed by atoms with van der Waals surface area (Å²) in [5.41, 5.74) is -0.637. The summed E-state index contributed by atoms with van der Waals surface area (Å²) < 4.78 is 5.05. The number of rotatable bonds is 9. The number of carbonyl (C=O) groups excluding carboxylic acids is 1. The van der Waals surface area contributed by atoms with Gasteiger partial charge < -0.3 is 15.2 Å². The second kappa shape index (κ2) is 10.2. The van der Waals surface area contributed by atoms with Gasteiger partial charge in [-0.15, -0.1) is 0 Å². The summed E-state index contributed by atoms with van der Waals surface area (Å²) in [6.07, 6.45) is 9.02. The van der Waals surface area contributed by atoms with Crippen LogP contribution in [-0.2, 0) is 9.53 Å². The van der Waals surface area contributed by atoms with Gasteiger partial charge in [0, 0.05) is 0 Å². The Morgan fingerprint density at radius 3 is 2.38 bits per heavy atom. The smallest absolute Gasteiger partial charge is 0.408 e. The largest absolute Gasteiger partial charge is 0.480 e. The molecule has 21 heavy (non-hydrogen) atoms. The topological polar surface area (TPSA) is 75.6 Å². The number of allylic oxidation sites excluding steroid dienone is 1. The van der Waals surface area contributed by atoms with Crippen molar-refractivity contribution in [3.05, 3.63) is 12.2 Å². The molecule has 0 heterocycles. The van der Waals surface area contributed by atoms with Gasteiger partial charge in [-0.1, -0.05) is 38.3 Å². The number of hydrogen-bond donors (Lipinski definition) is 2. The lowest BCUT2D eigenvalue weighted by Gasteiger charge is -2.21. The van der Waals surface area contributed by atoms with Crippen LogP contribution in [0.4, 0.5) is 4.79 Å². The molecule has 0 bridgehead atoms. The highest BCUT2D eigenvalue weighted by Crippen LogP contribution is 2.08. The first-order valence-electron chi connectivity index (χ1n) is 7.63. The Morgan fingerprint density at radius 2 is 1.86 bits per heavy atom. The van der Waals surface area contributed by atoms with Gasteiger partial charge in [-0.2, -0.15) is 0 Å². The summed E-state index contributed by atoms with van der Waals surface area (Å²) in [6, 6.07) is -0.952. The minimum absolute atomic E-state index is 0.266. The SMILES string of the molecule is CCCCCC/C=C/C[C@H](NC(=O)OC(C)(C)C)C(=O)O. The molecule has 1 amide bonds. The molecule has 0 radical (unpaired) electrons. The molecule has 0 saturated carbocycles. The Hall–Kier alpha value is -1.52. The van der Waals surface area contributed by atoms with E-state index in [4.69, 9.17) is 9.84 Å². The fraction of sp³-hybridized carbons (Fsp3) is 0.750. The quantitative estimate of drug-likeness (QED) is 0.500. The highest BCUT2D eigenvalue weighted by molar-refractivity contribution is 5.80. The molecule has 122 valence electrons. The summed E-state index contributed by atoms with van der Waals surface area (Å²) in [6.45, 7) is 7.37. The molecule has 0 aliphatic rings. The summed E-state index contributed by atoms with van der Waals surface area (Å²) in [5.74, 6) is -1.06. The third kappa shape index (κ3) is 12.0. The van der Waals surface area contributed by atoms with E-state index in [0.29, 0.717) is 0 Å². The van der Waals surface area contributed by atoms with Crippen molar-refractivity contribution in [3.8, 4) is 0 Å². The fourth-order valence-corrected chi connectivity index (χ4v) is 1.71. The normalized spacial score (nSPS) is 13.1. The average molecular weight is 299 g/mol. The second-order valence-electron chi connectivity index (χ2n) is 6.09. The van der Waals surface area contributed by atoms with Crippen LogP contribution >= 0.6 is 0 Å². The summed E-state index contributed by atoms with van der Waals surface area (Å²) in [7, 11) is 0. The molecule has 0 saturated heterocycles. The zero-order chi connectivity index (χ0) is 16.3. The van der Waals surface area contributed by atoms with E-state index < -0.39 is 23.7 Å². The van der Waals surface area contributed by atoms with Gasteiger partial charge in [0.2, 0.25) is 0 Å². The number of ether oxygens (including phenoxy) is 1. The first-order chi connectivity index (χ1) is 9.76. The Bertz CT molecular complexity index is 345. The molecule has 0 rings (SSSR count). The third-order valence-electron chi connectivity index (χ3n) is 2.75. The Kier molecular flexibility index (Phi) is 9.50. The molecular weight excluding hydrogens is 270 g/mol. The number of unbranched alkanes of at least 4 members (excludes halogenated alkanes) is 4. The van der Waals surface area contributed by atoms with Crippen molar-refractivity contribution in [2.75, 3.05) is 0 Å². The van der Waals surface area contributed by atoms with Crippen LogP contribution in [0.15, 0.2) is 12.2 Å². The molecule has 0 aromatic heterocycles. The average Bonchev–Trinajstić information content (AvgIpc) is 2.33. The number of carboxylic acid groups (broad SMARTS) is 1. The number of hydrogen-bond acceptors (Lipinski definition) is 3. The van der Waals surface area contributed by atoms with Gasteiger partial charge in [-0.25, -0.2) is 9.59 Å². The Balaban J connectivity index is 4.11. The van der Waals surface area contributed by atoms with Gasteiger partial charge in [0.1, 0.15) is 11.6 Å². The van der Waals surface area contributed by atoms with Crippen LogP contribution in [-0.4, -0.2) is 28.8 Å². The zero-order valence-corrected chi connectivity index (χ0v) is 13.6. The van der Waals surface area contributed by atoms with Crippen LogP contribution in [0.1, 0.15) is 66.2 Å². The van der Waals surface area contributed by atoms with Crippen LogP contribution in [0.5, 0.6) is 0 Å². The van der Waals surface area contributed by atoms with Gasteiger partial charge in [-0.3, -0.25) is 0 Å². The molecule has 0 aliphatic heterocycles.